The van der Waals surface area contributed by atoms with Crippen molar-refractivity contribution < 1.29 is 39.9 Å². The Morgan fingerprint density at radius 2 is 1.76 bits per heavy atom. The molecule has 0 aliphatic heterocycles. The number of aromatic nitrogens is 1. The molecule has 0 aliphatic carbocycles. The van der Waals surface area contributed by atoms with Crippen LogP contribution in [0, 0.1) is 11.6 Å². The van der Waals surface area contributed by atoms with Crippen molar-refractivity contribution in [2.24, 2.45) is 5.73 Å². The molecule has 0 saturated heterocycles. The number of hydrogen-bond acceptors (Lipinski definition) is 5. The lowest BCUT2D eigenvalue weighted by Gasteiger charge is -2.18. The molecule has 0 radical (unpaired) electrons. The predicted octanol–water partition coefficient (Wildman–Crippen LogP) is 4.12. The molecule has 1 atom stereocenters. The highest BCUT2D eigenvalue weighted by atomic mass is 32.2. The molecule has 2 aromatic carbocycles. The molecule has 3 rings (SSSR count). The van der Waals surface area contributed by atoms with Crippen LogP contribution in [0.4, 0.5) is 27.6 Å². The first-order chi connectivity index (χ1) is 17.4. The molecule has 37 heavy (non-hydrogen) atoms. The van der Waals surface area contributed by atoms with Crippen molar-refractivity contribution in [3.63, 3.8) is 0 Å². The van der Waals surface area contributed by atoms with E-state index in [1.165, 1.54) is 36.4 Å². The second-order valence-corrected chi connectivity index (χ2v) is 9.12. The van der Waals surface area contributed by atoms with Gasteiger partial charge in [0.15, 0.2) is 0 Å². The maximum atomic E-state index is 14.5. The Labute approximate surface area is 210 Å². The summed E-state index contributed by atoms with van der Waals surface area (Å²) in [7, 11) is -1.93. The zero-order chi connectivity index (χ0) is 27.3. The molecule has 0 saturated carbocycles. The van der Waals surface area contributed by atoms with E-state index in [9.17, 15) is 35.2 Å². The number of thiol groups is 1. The van der Waals surface area contributed by atoms with E-state index < -0.39 is 46.2 Å². The van der Waals surface area contributed by atoms with Crippen molar-refractivity contribution in [2.75, 3.05) is 11.4 Å². The van der Waals surface area contributed by atoms with E-state index in [-0.39, 0.29) is 42.1 Å². The zero-order valence-electron chi connectivity index (χ0n) is 19.3. The van der Waals surface area contributed by atoms with E-state index in [4.69, 9.17) is 10.5 Å². The number of anilines is 1. The number of carbonyl (C=O) groups is 1. The number of pyridine rings is 1. The lowest BCUT2D eigenvalue weighted by Crippen LogP contribution is -2.23. The molecule has 1 unspecified atom stereocenters. The smallest absolute Gasteiger partial charge is 0.433 e. The van der Waals surface area contributed by atoms with Crippen molar-refractivity contribution in [1.29, 1.82) is 0 Å². The number of nitrogens with zero attached hydrogens (tertiary/aromatic N) is 2. The van der Waals surface area contributed by atoms with Gasteiger partial charge in [-0.3, -0.25) is 9.10 Å². The summed E-state index contributed by atoms with van der Waals surface area (Å²) in [6.45, 7) is -0.191. The van der Waals surface area contributed by atoms with Gasteiger partial charge in [0.25, 0.3) is 0 Å². The Kier molecular flexibility index (Phi) is 8.69. The molecule has 0 bridgehead atoms. The van der Waals surface area contributed by atoms with E-state index in [2.05, 4.69) is 4.98 Å². The number of alkyl halides is 3. The number of benzene rings is 2. The van der Waals surface area contributed by atoms with Gasteiger partial charge in [-0.2, -0.15) is 13.2 Å². The molecule has 0 spiro atoms. The van der Waals surface area contributed by atoms with Crippen LogP contribution in [0.25, 0.3) is 0 Å². The second-order valence-electron chi connectivity index (χ2n) is 8.04. The van der Waals surface area contributed by atoms with Crippen LogP contribution in [-0.4, -0.2) is 26.4 Å². The van der Waals surface area contributed by atoms with Gasteiger partial charge in [0.2, 0.25) is 22.7 Å². The summed E-state index contributed by atoms with van der Waals surface area (Å²) >= 11 is 0. The SMILES string of the molecule is CN(c1ccc(C(CCc2ccc(C(F)(F)F)nc2OCc2ccc(F)cc2)C(N)=O)cc1F)[SH](=O)=O. The van der Waals surface area contributed by atoms with Crippen molar-refractivity contribution in [3.05, 3.63) is 88.6 Å². The Morgan fingerprint density at radius 1 is 1.08 bits per heavy atom. The first-order valence-electron chi connectivity index (χ1n) is 10.8. The van der Waals surface area contributed by atoms with Crippen LogP contribution in [0.5, 0.6) is 5.88 Å². The van der Waals surface area contributed by atoms with Gasteiger partial charge in [-0.15, -0.1) is 0 Å². The standard InChI is InChI=1S/C24H22F5N3O4S/c1-32(37(34)35)20-10-5-16(12-19(20)26)18(22(30)33)9-4-15-6-11-21(24(27,28)29)31-23(15)36-13-14-2-7-17(25)8-3-14/h2-3,5-8,10-12,18,37H,4,9,13H2,1H3,(H2,30,33). The molecule has 7 nitrogen and oxygen atoms in total. The maximum Gasteiger partial charge on any atom is 0.433 e. The molecule has 3 aromatic rings. The van der Waals surface area contributed by atoms with E-state index >= 15 is 0 Å². The number of primary amides is 1. The van der Waals surface area contributed by atoms with Crippen molar-refractivity contribution in [2.45, 2.75) is 31.5 Å². The summed E-state index contributed by atoms with van der Waals surface area (Å²) in [4.78, 5) is 15.7. The van der Waals surface area contributed by atoms with Crippen LogP contribution in [0.1, 0.15) is 34.7 Å². The molecular weight excluding hydrogens is 521 g/mol. The van der Waals surface area contributed by atoms with Gasteiger partial charge in [0.1, 0.15) is 23.9 Å². The highest BCUT2D eigenvalue weighted by molar-refractivity contribution is 7.74. The van der Waals surface area contributed by atoms with E-state index in [1.807, 2.05) is 0 Å². The fraction of sp³-hybridized carbons (Fsp3) is 0.250. The number of aryl methyl sites for hydroxylation is 1. The third-order valence-electron chi connectivity index (χ3n) is 5.53. The van der Waals surface area contributed by atoms with Gasteiger partial charge >= 0.3 is 6.18 Å². The number of ether oxygens (including phenoxy) is 1. The van der Waals surface area contributed by atoms with Gasteiger partial charge in [-0.05, 0) is 54.3 Å². The van der Waals surface area contributed by atoms with Gasteiger partial charge in [-0.25, -0.2) is 22.2 Å². The largest absolute Gasteiger partial charge is 0.473 e. The van der Waals surface area contributed by atoms with Gasteiger partial charge in [0, 0.05) is 12.6 Å². The minimum Gasteiger partial charge on any atom is -0.473 e. The van der Waals surface area contributed by atoms with E-state index in [0.717, 1.165) is 25.2 Å². The Balaban J connectivity index is 1.85. The summed E-state index contributed by atoms with van der Waals surface area (Å²) < 4.78 is 95.8. The minimum absolute atomic E-state index is 0.00676. The van der Waals surface area contributed by atoms with Gasteiger partial charge < -0.3 is 10.5 Å². The molecule has 0 aliphatic rings. The average Bonchev–Trinajstić information content (AvgIpc) is 2.83. The van der Waals surface area contributed by atoms with Crippen molar-refractivity contribution in [3.8, 4) is 5.88 Å². The molecule has 13 heteroatoms. The third kappa shape index (κ3) is 7.15. The fourth-order valence-corrected chi connectivity index (χ4v) is 3.88. The van der Waals surface area contributed by atoms with Crippen molar-refractivity contribution >= 4 is 22.5 Å². The van der Waals surface area contributed by atoms with Gasteiger partial charge in [-0.1, -0.05) is 24.3 Å². The van der Waals surface area contributed by atoms with Crippen LogP contribution in [0.15, 0.2) is 54.6 Å². The lowest BCUT2D eigenvalue weighted by atomic mass is 9.91. The number of nitrogens with two attached hydrogens (primary N) is 1. The Morgan fingerprint density at radius 3 is 2.32 bits per heavy atom. The molecule has 2 N–H and O–H groups in total. The maximum absolute atomic E-state index is 14.5. The first-order valence-corrected chi connectivity index (χ1v) is 11.9. The monoisotopic (exact) mass is 543 g/mol. The number of rotatable bonds is 10. The van der Waals surface area contributed by atoms with Crippen LogP contribution >= 0.6 is 0 Å². The number of carbonyl (C=O) groups excluding carboxylic acids is 1. The topological polar surface area (TPSA) is 103 Å². The van der Waals surface area contributed by atoms with E-state index in [1.54, 1.807) is 0 Å². The predicted molar refractivity (Wildman–Crippen MR) is 125 cm³/mol. The summed E-state index contributed by atoms with van der Waals surface area (Å²) in [6.07, 6.45) is -4.77. The highest BCUT2D eigenvalue weighted by Crippen LogP contribution is 2.33. The molecule has 1 heterocycles. The fourth-order valence-electron chi connectivity index (χ4n) is 3.54. The van der Waals surface area contributed by atoms with Crippen LogP contribution in [0.3, 0.4) is 0 Å². The van der Waals surface area contributed by atoms with Crippen LogP contribution in [-0.2, 0) is 34.9 Å². The number of amides is 1. The Hall–Kier alpha value is -3.74. The second kappa shape index (κ2) is 11.5. The average molecular weight is 544 g/mol. The normalized spacial score (nSPS) is 12.4. The van der Waals surface area contributed by atoms with Crippen LogP contribution < -0.4 is 14.8 Å². The van der Waals surface area contributed by atoms with Crippen LogP contribution in [0.2, 0.25) is 0 Å². The van der Waals surface area contributed by atoms with E-state index in [0.29, 0.717) is 9.87 Å². The van der Waals surface area contributed by atoms with Gasteiger partial charge in [0.05, 0.1) is 11.6 Å². The molecule has 1 amide bonds. The molecule has 198 valence electrons. The summed E-state index contributed by atoms with van der Waals surface area (Å²) in [6, 6.07) is 10.6. The minimum atomic E-state index is -4.73. The third-order valence-corrected chi connectivity index (χ3v) is 6.24. The summed E-state index contributed by atoms with van der Waals surface area (Å²) in [5.74, 6) is -3.57. The number of hydrogen-bond donors (Lipinski definition) is 2. The first kappa shape index (κ1) is 27.8. The summed E-state index contributed by atoms with van der Waals surface area (Å²) in [5, 5.41) is 0. The quantitative estimate of drug-likeness (QED) is 0.296. The highest BCUT2D eigenvalue weighted by Gasteiger charge is 2.33. The molecular formula is C24H22F5N3O4S. The number of halogens is 5. The molecule has 0 fully saturated rings. The zero-order valence-corrected chi connectivity index (χ0v) is 20.2. The van der Waals surface area contributed by atoms with Crippen molar-refractivity contribution in [1.82, 2.24) is 4.98 Å². The Bertz CT molecular complexity index is 1340. The molecule has 1 aromatic heterocycles. The lowest BCUT2D eigenvalue weighted by molar-refractivity contribution is -0.141. The summed E-state index contributed by atoms with van der Waals surface area (Å²) in [5.41, 5.74) is 4.97.